The Morgan fingerprint density at radius 3 is 2.52 bits per heavy atom. The summed E-state index contributed by atoms with van der Waals surface area (Å²) in [6.07, 6.45) is 0. The number of nitrogens with one attached hydrogen (secondary N) is 2. The zero-order valence-electron chi connectivity index (χ0n) is 14.8. The number of rotatable bonds is 7. The van der Waals surface area contributed by atoms with E-state index in [-0.39, 0.29) is 0 Å². The molecule has 0 saturated heterocycles. The van der Waals surface area contributed by atoms with E-state index in [9.17, 15) is 0 Å². The summed E-state index contributed by atoms with van der Waals surface area (Å²) >= 11 is 3.61. The van der Waals surface area contributed by atoms with Crippen molar-refractivity contribution >= 4 is 27.0 Å². The second-order valence-electron chi connectivity index (χ2n) is 6.34. The Labute approximate surface area is 166 Å². The highest BCUT2D eigenvalue weighted by Crippen LogP contribution is 2.27. The van der Waals surface area contributed by atoms with Gasteiger partial charge in [0.25, 0.3) is 0 Å². The molecule has 0 saturated carbocycles. The molecular weight excluding hydrogens is 402 g/mol. The van der Waals surface area contributed by atoms with Gasteiger partial charge in [-0.2, -0.15) is 0 Å². The van der Waals surface area contributed by atoms with Gasteiger partial charge in [-0.1, -0.05) is 48.5 Å². The van der Waals surface area contributed by atoms with Crippen LogP contribution in [-0.4, -0.2) is 9.97 Å². The lowest BCUT2D eigenvalue weighted by Crippen LogP contribution is -2.13. The third-order valence-electron chi connectivity index (χ3n) is 4.29. The van der Waals surface area contributed by atoms with Gasteiger partial charge in [-0.05, 0) is 51.3 Å². The van der Waals surface area contributed by atoms with E-state index in [2.05, 4.69) is 55.5 Å². The number of halogens is 1. The van der Waals surface area contributed by atoms with Crippen LogP contribution in [0.15, 0.2) is 77.3 Å². The summed E-state index contributed by atoms with van der Waals surface area (Å²) in [6, 6.07) is 24.4. The lowest BCUT2D eigenvalue weighted by atomic mass is 10.2. The fraction of sp³-hybridized carbons (Fsp3) is 0.136. The van der Waals surface area contributed by atoms with Gasteiger partial charge in [-0.25, -0.2) is 4.98 Å². The molecule has 4 aromatic rings. The summed E-state index contributed by atoms with van der Waals surface area (Å²) in [5.41, 5.74) is 4.40. The maximum absolute atomic E-state index is 5.90. The number of aromatic nitrogens is 2. The number of hydrogen-bond acceptors (Lipinski definition) is 3. The molecule has 1 heterocycles. The zero-order valence-corrected chi connectivity index (χ0v) is 16.4. The van der Waals surface area contributed by atoms with Crippen LogP contribution in [0.4, 0.5) is 0 Å². The van der Waals surface area contributed by atoms with E-state index in [1.54, 1.807) is 0 Å². The van der Waals surface area contributed by atoms with Crippen molar-refractivity contribution in [3.8, 4) is 5.75 Å². The standard InChI is InChI=1S/C22H20BrN3O/c23-18-12-17(10-11-21(18)27-15-16-6-2-1-3-7-16)13-24-14-22-25-19-8-4-5-9-20(19)26-22/h1-12,24H,13-15H2,(H,25,26). The maximum Gasteiger partial charge on any atom is 0.134 e. The smallest absolute Gasteiger partial charge is 0.134 e. The maximum atomic E-state index is 5.90. The van der Waals surface area contributed by atoms with E-state index in [0.29, 0.717) is 13.2 Å². The van der Waals surface area contributed by atoms with E-state index in [0.717, 1.165) is 39.2 Å². The number of fused-ring (bicyclic) bond motifs is 1. The third-order valence-corrected chi connectivity index (χ3v) is 4.91. The molecule has 0 spiro atoms. The Morgan fingerprint density at radius 2 is 1.70 bits per heavy atom. The molecule has 4 rings (SSSR count). The van der Waals surface area contributed by atoms with Crippen LogP contribution in [0.1, 0.15) is 17.0 Å². The quantitative estimate of drug-likeness (QED) is 0.431. The van der Waals surface area contributed by atoms with E-state index >= 15 is 0 Å². The first kappa shape index (κ1) is 17.8. The molecule has 0 aliphatic rings. The van der Waals surface area contributed by atoms with Gasteiger partial charge >= 0.3 is 0 Å². The minimum Gasteiger partial charge on any atom is -0.488 e. The lowest BCUT2D eigenvalue weighted by Gasteiger charge is -2.10. The fourth-order valence-corrected chi connectivity index (χ4v) is 3.46. The largest absolute Gasteiger partial charge is 0.488 e. The first-order valence-corrected chi connectivity index (χ1v) is 9.67. The van der Waals surface area contributed by atoms with Gasteiger partial charge in [0.2, 0.25) is 0 Å². The van der Waals surface area contributed by atoms with Crippen LogP contribution in [-0.2, 0) is 19.7 Å². The van der Waals surface area contributed by atoms with E-state index in [1.807, 2.05) is 48.5 Å². The third kappa shape index (κ3) is 4.56. The van der Waals surface area contributed by atoms with Crippen molar-refractivity contribution in [3.63, 3.8) is 0 Å². The Balaban J connectivity index is 1.32. The molecule has 2 N–H and O–H groups in total. The van der Waals surface area contributed by atoms with Gasteiger partial charge in [-0.15, -0.1) is 0 Å². The molecule has 0 radical (unpaired) electrons. The molecule has 1 aromatic heterocycles. The number of benzene rings is 3. The number of hydrogen-bond donors (Lipinski definition) is 2. The molecule has 136 valence electrons. The average molecular weight is 422 g/mol. The van der Waals surface area contributed by atoms with Crippen molar-refractivity contribution in [2.75, 3.05) is 0 Å². The molecule has 0 aliphatic heterocycles. The highest BCUT2D eigenvalue weighted by Gasteiger charge is 2.05. The van der Waals surface area contributed by atoms with Gasteiger partial charge < -0.3 is 15.0 Å². The predicted molar refractivity (Wildman–Crippen MR) is 112 cm³/mol. The minimum atomic E-state index is 0.559. The van der Waals surface area contributed by atoms with E-state index < -0.39 is 0 Å². The fourth-order valence-electron chi connectivity index (χ4n) is 2.92. The molecule has 5 heteroatoms. The Kier molecular flexibility index (Phi) is 5.51. The van der Waals surface area contributed by atoms with Crippen molar-refractivity contribution in [2.24, 2.45) is 0 Å². The number of aromatic amines is 1. The highest BCUT2D eigenvalue weighted by atomic mass is 79.9. The van der Waals surface area contributed by atoms with Gasteiger partial charge in [0.1, 0.15) is 18.2 Å². The molecule has 27 heavy (non-hydrogen) atoms. The van der Waals surface area contributed by atoms with Crippen LogP contribution in [0.2, 0.25) is 0 Å². The van der Waals surface area contributed by atoms with Crippen LogP contribution in [0.3, 0.4) is 0 Å². The number of nitrogens with zero attached hydrogens (tertiary/aromatic N) is 1. The summed E-state index contributed by atoms with van der Waals surface area (Å²) in [4.78, 5) is 7.91. The van der Waals surface area contributed by atoms with Gasteiger partial charge in [0.15, 0.2) is 0 Å². The normalized spacial score (nSPS) is 11.0. The zero-order chi connectivity index (χ0) is 18.5. The summed E-state index contributed by atoms with van der Waals surface area (Å²) in [5.74, 6) is 1.79. The minimum absolute atomic E-state index is 0.559. The topological polar surface area (TPSA) is 49.9 Å². The number of H-pyrrole nitrogens is 1. The first-order chi connectivity index (χ1) is 13.3. The lowest BCUT2D eigenvalue weighted by molar-refractivity contribution is 0.304. The van der Waals surface area contributed by atoms with E-state index in [4.69, 9.17) is 4.74 Å². The van der Waals surface area contributed by atoms with Crippen LogP contribution >= 0.6 is 15.9 Å². The van der Waals surface area contributed by atoms with Crippen molar-refractivity contribution in [3.05, 3.63) is 94.2 Å². The monoisotopic (exact) mass is 421 g/mol. The van der Waals surface area contributed by atoms with Gasteiger partial charge in [-0.3, -0.25) is 0 Å². The predicted octanol–water partition coefficient (Wildman–Crippen LogP) is 5.19. The molecule has 0 unspecified atom stereocenters. The Bertz CT molecular complexity index is 997. The van der Waals surface area contributed by atoms with Crippen LogP contribution in [0.25, 0.3) is 11.0 Å². The Hall–Kier alpha value is -2.63. The molecule has 0 aliphatic carbocycles. The highest BCUT2D eigenvalue weighted by molar-refractivity contribution is 9.10. The van der Waals surface area contributed by atoms with Gasteiger partial charge in [0, 0.05) is 6.54 Å². The number of imidazole rings is 1. The van der Waals surface area contributed by atoms with E-state index in [1.165, 1.54) is 5.56 Å². The number of ether oxygens (including phenoxy) is 1. The second kappa shape index (κ2) is 8.37. The van der Waals surface area contributed by atoms with Crippen LogP contribution in [0, 0.1) is 0 Å². The van der Waals surface area contributed by atoms with Gasteiger partial charge in [0.05, 0.1) is 22.1 Å². The van der Waals surface area contributed by atoms with Crippen molar-refractivity contribution < 1.29 is 4.74 Å². The molecular formula is C22H20BrN3O. The van der Waals surface area contributed by atoms with Crippen molar-refractivity contribution in [1.29, 1.82) is 0 Å². The molecule has 0 amide bonds. The SMILES string of the molecule is Brc1cc(CNCc2nc3ccccc3[nH]2)ccc1OCc1ccccc1. The molecule has 0 bridgehead atoms. The summed E-state index contributed by atoms with van der Waals surface area (Å²) in [6.45, 7) is 2.01. The Morgan fingerprint density at radius 1 is 0.889 bits per heavy atom. The van der Waals surface area contributed by atoms with Crippen LogP contribution < -0.4 is 10.1 Å². The molecule has 0 fully saturated rings. The number of para-hydroxylation sites is 2. The average Bonchev–Trinajstić information content (AvgIpc) is 3.11. The summed E-state index contributed by atoms with van der Waals surface area (Å²) in [7, 11) is 0. The van der Waals surface area contributed by atoms with Crippen LogP contribution in [0.5, 0.6) is 5.75 Å². The molecule has 3 aromatic carbocycles. The second-order valence-corrected chi connectivity index (χ2v) is 7.20. The molecule has 0 atom stereocenters. The van der Waals surface area contributed by atoms with Crippen molar-refractivity contribution in [2.45, 2.75) is 19.7 Å². The molecule has 4 nitrogen and oxygen atoms in total. The summed E-state index contributed by atoms with van der Waals surface area (Å²) in [5, 5.41) is 3.43. The summed E-state index contributed by atoms with van der Waals surface area (Å²) < 4.78 is 6.86. The first-order valence-electron chi connectivity index (χ1n) is 8.87. The van der Waals surface area contributed by atoms with Crippen molar-refractivity contribution in [1.82, 2.24) is 15.3 Å².